The van der Waals surface area contributed by atoms with Gasteiger partial charge in [0.15, 0.2) is 0 Å². The molecule has 0 radical (unpaired) electrons. The maximum atomic E-state index is 15.0. The summed E-state index contributed by atoms with van der Waals surface area (Å²) in [6, 6.07) is 8.09. The summed E-state index contributed by atoms with van der Waals surface area (Å²) in [5.41, 5.74) is 0.785. The van der Waals surface area contributed by atoms with Gasteiger partial charge in [-0.05, 0) is 31.2 Å². The number of aliphatic hydroxyl groups excluding tert-OH is 1. The number of likely N-dealkylation sites (tertiary alicyclic amines) is 1. The lowest BCUT2D eigenvalue weighted by Gasteiger charge is -2.43. The molecule has 42 heavy (non-hydrogen) atoms. The molecule has 4 aliphatic rings. The Hall–Kier alpha value is -2.10. The van der Waals surface area contributed by atoms with Crippen molar-refractivity contribution >= 4 is 45.4 Å². The van der Waals surface area contributed by atoms with E-state index in [1.807, 2.05) is 47.1 Å². The fourth-order valence-electron chi connectivity index (χ4n) is 8.03. The van der Waals surface area contributed by atoms with Crippen molar-refractivity contribution < 1.29 is 19.5 Å². The predicted molar refractivity (Wildman–Crippen MR) is 171 cm³/mol. The van der Waals surface area contributed by atoms with Crippen LogP contribution in [0, 0.1) is 11.8 Å². The van der Waals surface area contributed by atoms with Crippen LogP contribution in [0.3, 0.4) is 0 Å². The van der Waals surface area contributed by atoms with Crippen molar-refractivity contribution in [3.63, 3.8) is 0 Å². The zero-order valence-electron chi connectivity index (χ0n) is 24.6. The molecule has 1 aliphatic carbocycles. The zero-order chi connectivity index (χ0) is 30.0. The molecule has 3 heterocycles. The standard InChI is InChI=1S/C33H44BrN3O4S/c1-4-17-35(18-5-2)30(39)26-27-31(40)37(25(21-38)22-13-9-7-10-14-22)29(33(27)20-24(34)28(26)42-33)32(41)36(19-6-3)23-15-11-8-12-16-23/h4,6-7,9-10,13-14,23-29,38H,1,3,5,8,11-12,15-21H2,2H3/t24?,25-,26-,27+,28-,29?,33?/m1/s1. The molecule has 3 unspecified atom stereocenters. The number of fused-ring (bicyclic) bond motifs is 1. The third kappa shape index (κ3) is 5.28. The van der Waals surface area contributed by atoms with Crippen LogP contribution < -0.4 is 0 Å². The van der Waals surface area contributed by atoms with Crippen LogP contribution in [0.4, 0.5) is 0 Å². The molecule has 1 spiro atoms. The van der Waals surface area contributed by atoms with E-state index in [1.54, 1.807) is 28.8 Å². The first-order chi connectivity index (χ1) is 20.3. The number of rotatable bonds is 12. The highest BCUT2D eigenvalue weighted by Crippen LogP contribution is 2.68. The number of alkyl halides is 1. The third-order valence-electron chi connectivity index (χ3n) is 9.72. The van der Waals surface area contributed by atoms with Crippen molar-refractivity contribution in [2.24, 2.45) is 11.8 Å². The summed E-state index contributed by atoms with van der Waals surface area (Å²) < 4.78 is -0.768. The van der Waals surface area contributed by atoms with Crippen molar-refractivity contribution in [3.8, 4) is 0 Å². The van der Waals surface area contributed by atoms with E-state index < -0.39 is 28.7 Å². The average Bonchev–Trinajstić information content (AvgIpc) is 3.60. The van der Waals surface area contributed by atoms with E-state index in [2.05, 4.69) is 29.1 Å². The first-order valence-corrected chi connectivity index (χ1v) is 17.2. The third-order valence-corrected chi connectivity index (χ3v) is 12.9. The summed E-state index contributed by atoms with van der Waals surface area (Å²) in [6.45, 7) is 11.0. The van der Waals surface area contributed by atoms with Gasteiger partial charge in [0.25, 0.3) is 0 Å². The first kappa shape index (κ1) is 31.3. The molecule has 1 aromatic carbocycles. The highest BCUT2D eigenvalue weighted by atomic mass is 79.9. The molecule has 1 N–H and O–H groups in total. The van der Waals surface area contributed by atoms with Gasteiger partial charge in [-0.15, -0.1) is 24.9 Å². The number of nitrogens with zero attached hydrogens (tertiary/aromatic N) is 3. The van der Waals surface area contributed by atoms with Crippen LogP contribution in [-0.4, -0.2) is 90.7 Å². The molecular weight excluding hydrogens is 614 g/mol. The first-order valence-electron chi connectivity index (χ1n) is 15.5. The van der Waals surface area contributed by atoms with Crippen molar-refractivity contribution in [1.29, 1.82) is 0 Å². The van der Waals surface area contributed by atoms with Crippen LogP contribution in [0.5, 0.6) is 0 Å². The van der Waals surface area contributed by atoms with Gasteiger partial charge in [-0.25, -0.2) is 0 Å². The molecule has 0 aromatic heterocycles. The highest BCUT2D eigenvalue weighted by molar-refractivity contribution is 9.09. The molecule has 3 aliphatic heterocycles. The largest absolute Gasteiger partial charge is 0.394 e. The number of hydrogen-bond acceptors (Lipinski definition) is 5. The van der Waals surface area contributed by atoms with E-state index >= 15 is 0 Å². The zero-order valence-corrected chi connectivity index (χ0v) is 27.0. The Morgan fingerprint density at radius 3 is 2.45 bits per heavy atom. The van der Waals surface area contributed by atoms with E-state index in [1.165, 1.54) is 6.42 Å². The van der Waals surface area contributed by atoms with Crippen molar-refractivity contribution in [1.82, 2.24) is 14.7 Å². The smallest absolute Gasteiger partial charge is 0.247 e. The number of aliphatic hydroxyl groups is 1. The SMILES string of the molecule is C=CCN(CCC)C(=O)[C@H]1[C@@H]2SC3(CC2Br)C(C(=O)N(CC=C)C2CCCCC2)N([C@H](CO)c2ccccc2)C(=O)[C@H]13. The Balaban J connectivity index is 1.62. The molecule has 9 heteroatoms. The Kier molecular flexibility index (Phi) is 9.90. The fourth-order valence-corrected chi connectivity index (χ4v) is 11.6. The van der Waals surface area contributed by atoms with E-state index in [0.717, 1.165) is 37.7 Å². The maximum Gasteiger partial charge on any atom is 0.247 e. The van der Waals surface area contributed by atoms with Crippen LogP contribution in [-0.2, 0) is 14.4 Å². The molecule has 228 valence electrons. The minimum absolute atomic E-state index is 0.00482. The number of thioether (sulfide) groups is 1. The molecule has 4 fully saturated rings. The van der Waals surface area contributed by atoms with Gasteiger partial charge in [-0.3, -0.25) is 14.4 Å². The number of carbonyl (C=O) groups is 3. The molecule has 5 rings (SSSR count). The number of amides is 3. The molecule has 1 saturated carbocycles. The van der Waals surface area contributed by atoms with E-state index in [0.29, 0.717) is 26.1 Å². The number of hydrogen-bond donors (Lipinski definition) is 1. The normalized spacial score (nSPS) is 31.1. The van der Waals surface area contributed by atoms with Gasteiger partial charge in [0.2, 0.25) is 17.7 Å². The summed E-state index contributed by atoms with van der Waals surface area (Å²) in [4.78, 5) is 49.4. The van der Waals surface area contributed by atoms with Crippen molar-refractivity contribution in [2.75, 3.05) is 26.2 Å². The summed E-state index contributed by atoms with van der Waals surface area (Å²) in [7, 11) is 0. The average molecular weight is 659 g/mol. The van der Waals surface area contributed by atoms with Crippen LogP contribution >= 0.6 is 27.7 Å². The van der Waals surface area contributed by atoms with E-state index in [-0.39, 0.29) is 40.4 Å². The summed E-state index contributed by atoms with van der Waals surface area (Å²) in [5.74, 6) is -1.50. The highest BCUT2D eigenvalue weighted by Gasteiger charge is 2.76. The maximum absolute atomic E-state index is 15.0. The summed E-state index contributed by atoms with van der Waals surface area (Å²) in [5, 5.41) is 10.7. The Morgan fingerprint density at radius 1 is 1.14 bits per heavy atom. The van der Waals surface area contributed by atoms with Crippen LogP contribution in [0.1, 0.15) is 63.5 Å². The topological polar surface area (TPSA) is 81.2 Å². The monoisotopic (exact) mass is 657 g/mol. The molecule has 3 saturated heterocycles. The molecular formula is C33H44BrN3O4S. The lowest BCUT2D eigenvalue weighted by atomic mass is 9.70. The predicted octanol–water partition coefficient (Wildman–Crippen LogP) is 4.96. The minimum atomic E-state index is -0.791. The van der Waals surface area contributed by atoms with Gasteiger partial charge >= 0.3 is 0 Å². The van der Waals surface area contributed by atoms with Gasteiger partial charge in [-0.1, -0.05) is 84.6 Å². The quantitative estimate of drug-likeness (QED) is 0.254. The summed E-state index contributed by atoms with van der Waals surface area (Å²) in [6.07, 6.45) is 10.1. The molecule has 7 atom stereocenters. The molecule has 7 nitrogen and oxygen atoms in total. The minimum Gasteiger partial charge on any atom is -0.394 e. The van der Waals surface area contributed by atoms with Gasteiger partial charge < -0.3 is 19.8 Å². The second-order valence-corrected chi connectivity index (χ2v) is 14.9. The fraction of sp³-hybridized carbons (Fsp3) is 0.606. The van der Waals surface area contributed by atoms with E-state index in [4.69, 9.17) is 0 Å². The second kappa shape index (κ2) is 13.3. The van der Waals surface area contributed by atoms with E-state index in [9.17, 15) is 19.5 Å². The number of carbonyl (C=O) groups excluding carboxylic acids is 3. The van der Waals surface area contributed by atoms with Crippen molar-refractivity contribution in [2.45, 2.75) is 84.8 Å². The Bertz CT molecular complexity index is 1180. The van der Waals surface area contributed by atoms with Gasteiger partial charge in [0, 0.05) is 35.8 Å². The lowest BCUT2D eigenvalue weighted by molar-refractivity contribution is -0.148. The van der Waals surface area contributed by atoms with Crippen molar-refractivity contribution in [3.05, 3.63) is 61.2 Å². The summed E-state index contributed by atoms with van der Waals surface area (Å²) >= 11 is 5.55. The number of benzene rings is 1. The number of halogens is 1. The van der Waals surface area contributed by atoms with Gasteiger partial charge in [0.1, 0.15) is 6.04 Å². The molecule has 2 bridgehead atoms. The molecule has 1 aromatic rings. The van der Waals surface area contributed by atoms with Crippen LogP contribution in [0.2, 0.25) is 0 Å². The Labute approximate surface area is 262 Å². The van der Waals surface area contributed by atoms with Gasteiger partial charge in [0.05, 0.1) is 29.2 Å². The van der Waals surface area contributed by atoms with Crippen LogP contribution in [0.25, 0.3) is 0 Å². The second-order valence-electron chi connectivity index (χ2n) is 12.2. The van der Waals surface area contributed by atoms with Crippen LogP contribution in [0.15, 0.2) is 55.6 Å². The lowest BCUT2D eigenvalue weighted by Crippen LogP contribution is -2.58. The molecule has 3 amide bonds. The van der Waals surface area contributed by atoms with Gasteiger partial charge in [-0.2, -0.15) is 0 Å². The Morgan fingerprint density at radius 2 is 1.83 bits per heavy atom.